The van der Waals surface area contributed by atoms with Gasteiger partial charge in [0.25, 0.3) is 0 Å². The molecule has 11 nitrogen and oxygen atoms in total. The van der Waals surface area contributed by atoms with Crippen LogP contribution in [0.2, 0.25) is 0 Å². The average molecular weight is 455 g/mol. The Morgan fingerprint density at radius 2 is 1.91 bits per heavy atom. The van der Waals surface area contributed by atoms with Gasteiger partial charge in [0, 0.05) is 25.8 Å². The molecule has 0 N–H and O–H groups in total. The largest absolute Gasteiger partial charge is 0.479 e. The molecule has 0 radical (unpaired) electrons. The second-order valence-electron chi connectivity index (χ2n) is 8.39. The molecular weight excluding hydrogens is 424 g/mol. The number of methoxy groups -OCH3 is 2. The second kappa shape index (κ2) is 9.84. The summed E-state index contributed by atoms with van der Waals surface area (Å²) in [7, 11) is 3.06. The first-order chi connectivity index (χ1) is 16.2. The van der Waals surface area contributed by atoms with E-state index in [1.807, 2.05) is 6.20 Å². The molecule has 11 heteroatoms. The Morgan fingerprint density at radius 3 is 2.73 bits per heavy atom. The summed E-state index contributed by atoms with van der Waals surface area (Å²) in [6.07, 6.45) is 10.2. The number of fused-ring (bicyclic) bond motifs is 1. The lowest BCUT2D eigenvalue weighted by molar-refractivity contribution is 0.0467. The molecule has 0 spiro atoms. The molecular formula is C22H30N8O3. The molecule has 2 fully saturated rings. The van der Waals surface area contributed by atoms with E-state index in [4.69, 9.17) is 14.2 Å². The number of hydrogen-bond acceptors (Lipinski definition) is 10. The van der Waals surface area contributed by atoms with Crippen LogP contribution in [0.1, 0.15) is 25.7 Å². The topological polar surface area (TPSA) is 104 Å². The fraction of sp³-hybridized carbons (Fsp3) is 0.591. The third-order valence-corrected chi connectivity index (χ3v) is 6.29. The summed E-state index contributed by atoms with van der Waals surface area (Å²) in [5, 5.41) is 5.47. The Bertz CT molecular complexity index is 1080. The fourth-order valence-electron chi connectivity index (χ4n) is 4.54. The lowest BCUT2D eigenvalue weighted by Gasteiger charge is -2.26. The fourth-order valence-corrected chi connectivity index (χ4v) is 4.54. The van der Waals surface area contributed by atoms with Gasteiger partial charge in [0.15, 0.2) is 5.65 Å². The molecule has 2 aliphatic rings. The molecule has 3 aromatic heterocycles. The number of nitrogens with zero attached hydrogens (tertiary/aromatic N) is 8. The van der Waals surface area contributed by atoms with E-state index in [2.05, 4.69) is 34.8 Å². The Morgan fingerprint density at radius 1 is 1.03 bits per heavy atom. The van der Waals surface area contributed by atoms with Crippen molar-refractivity contribution in [2.75, 3.05) is 58.5 Å². The normalized spacial score (nSPS) is 19.3. The van der Waals surface area contributed by atoms with E-state index in [0.717, 1.165) is 43.9 Å². The first-order valence-corrected chi connectivity index (χ1v) is 11.5. The molecule has 0 saturated carbocycles. The SMILES string of the molecule is COc1ncc(-n2cc3c(N4CCC(OCCN5CCCCC5)C4)ncnc3n2)c(OC)n1. The van der Waals surface area contributed by atoms with E-state index < -0.39 is 0 Å². The molecule has 33 heavy (non-hydrogen) atoms. The highest BCUT2D eigenvalue weighted by Crippen LogP contribution is 2.29. The second-order valence-corrected chi connectivity index (χ2v) is 8.39. The summed E-state index contributed by atoms with van der Waals surface area (Å²) in [6.45, 7) is 5.91. The minimum atomic E-state index is 0.213. The number of rotatable bonds is 8. The summed E-state index contributed by atoms with van der Waals surface area (Å²) in [6, 6.07) is 0.233. The summed E-state index contributed by atoms with van der Waals surface area (Å²) in [5.41, 5.74) is 1.20. The molecule has 5 rings (SSSR count). The van der Waals surface area contributed by atoms with E-state index in [1.165, 1.54) is 39.5 Å². The van der Waals surface area contributed by atoms with Crippen molar-refractivity contribution in [2.24, 2.45) is 0 Å². The highest BCUT2D eigenvalue weighted by molar-refractivity contribution is 5.87. The van der Waals surface area contributed by atoms with E-state index in [-0.39, 0.29) is 12.1 Å². The molecule has 0 amide bonds. The lowest BCUT2D eigenvalue weighted by atomic mass is 10.1. The quantitative estimate of drug-likeness (QED) is 0.499. The van der Waals surface area contributed by atoms with Crippen molar-refractivity contribution in [3.63, 3.8) is 0 Å². The van der Waals surface area contributed by atoms with Crippen molar-refractivity contribution >= 4 is 16.9 Å². The minimum Gasteiger partial charge on any atom is -0.479 e. The molecule has 1 atom stereocenters. The zero-order chi connectivity index (χ0) is 22.6. The zero-order valence-corrected chi connectivity index (χ0v) is 19.2. The minimum absolute atomic E-state index is 0.213. The molecule has 176 valence electrons. The Labute approximate surface area is 192 Å². The van der Waals surface area contributed by atoms with Crippen LogP contribution >= 0.6 is 0 Å². The van der Waals surface area contributed by atoms with Gasteiger partial charge in [-0.25, -0.2) is 19.6 Å². The maximum atomic E-state index is 6.20. The van der Waals surface area contributed by atoms with Crippen LogP contribution in [0.4, 0.5) is 5.82 Å². The van der Waals surface area contributed by atoms with Gasteiger partial charge in [0.1, 0.15) is 17.8 Å². The third-order valence-electron chi connectivity index (χ3n) is 6.29. The van der Waals surface area contributed by atoms with Crippen molar-refractivity contribution in [3.05, 3.63) is 18.7 Å². The zero-order valence-electron chi connectivity index (χ0n) is 19.2. The molecule has 1 unspecified atom stereocenters. The van der Waals surface area contributed by atoms with Crippen LogP contribution in [0.15, 0.2) is 18.7 Å². The molecule has 2 saturated heterocycles. The number of ether oxygens (including phenoxy) is 3. The van der Waals surface area contributed by atoms with Crippen LogP contribution in [0.3, 0.4) is 0 Å². The predicted octanol–water partition coefficient (Wildman–Crippen LogP) is 1.70. The van der Waals surface area contributed by atoms with Gasteiger partial charge >= 0.3 is 6.01 Å². The van der Waals surface area contributed by atoms with Crippen LogP contribution in [-0.2, 0) is 4.74 Å². The van der Waals surface area contributed by atoms with Gasteiger partial charge in [-0.1, -0.05) is 6.42 Å². The number of piperidine rings is 1. The third kappa shape index (κ3) is 4.69. The average Bonchev–Trinajstić information content (AvgIpc) is 3.51. The molecule has 0 aliphatic carbocycles. The molecule has 0 aromatic carbocycles. The van der Waals surface area contributed by atoms with Crippen LogP contribution in [0.5, 0.6) is 11.9 Å². The van der Waals surface area contributed by atoms with E-state index in [9.17, 15) is 0 Å². The highest BCUT2D eigenvalue weighted by Gasteiger charge is 2.27. The molecule has 3 aromatic rings. The van der Waals surface area contributed by atoms with Crippen molar-refractivity contribution in [1.29, 1.82) is 0 Å². The highest BCUT2D eigenvalue weighted by atomic mass is 16.5. The summed E-state index contributed by atoms with van der Waals surface area (Å²) in [5.74, 6) is 1.23. The number of likely N-dealkylation sites (tertiary alicyclic amines) is 1. The van der Waals surface area contributed by atoms with Gasteiger partial charge in [-0.05, 0) is 32.4 Å². The van der Waals surface area contributed by atoms with Crippen molar-refractivity contribution in [3.8, 4) is 17.6 Å². The molecule has 5 heterocycles. The van der Waals surface area contributed by atoms with E-state index in [1.54, 1.807) is 24.3 Å². The van der Waals surface area contributed by atoms with Crippen molar-refractivity contribution in [2.45, 2.75) is 31.8 Å². The Hall–Kier alpha value is -3.05. The van der Waals surface area contributed by atoms with Crippen LogP contribution < -0.4 is 14.4 Å². The van der Waals surface area contributed by atoms with Gasteiger partial charge in [0.2, 0.25) is 5.88 Å². The molecule has 2 aliphatic heterocycles. The number of hydrogen-bond donors (Lipinski definition) is 0. The number of aromatic nitrogens is 6. The van der Waals surface area contributed by atoms with E-state index in [0.29, 0.717) is 17.2 Å². The van der Waals surface area contributed by atoms with Crippen LogP contribution in [-0.4, -0.2) is 94.3 Å². The summed E-state index contributed by atoms with van der Waals surface area (Å²) in [4.78, 5) is 22.1. The van der Waals surface area contributed by atoms with Crippen LogP contribution in [0, 0.1) is 0 Å². The first-order valence-electron chi connectivity index (χ1n) is 11.5. The van der Waals surface area contributed by atoms with Gasteiger partial charge < -0.3 is 24.0 Å². The number of anilines is 1. The first kappa shape index (κ1) is 21.8. The smallest absolute Gasteiger partial charge is 0.319 e. The van der Waals surface area contributed by atoms with Gasteiger partial charge in [-0.2, -0.15) is 4.98 Å². The van der Waals surface area contributed by atoms with E-state index >= 15 is 0 Å². The van der Waals surface area contributed by atoms with Gasteiger partial charge in [-0.3, -0.25) is 0 Å². The standard InChI is InChI=1S/C22H30N8O3/c1-31-21-18(12-23-22(26-21)32-2)30-14-17-19(27-30)24-15-25-20(17)29-9-6-16(13-29)33-11-10-28-7-4-3-5-8-28/h12,14-16H,3-11,13H2,1-2H3. The van der Waals surface area contributed by atoms with Crippen molar-refractivity contribution in [1.82, 2.24) is 34.6 Å². The monoisotopic (exact) mass is 454 g/mol. The maximum absolute atomic E-state index is 6.20. The lowest BCUT2D eigenvalue weighted by Crippen LogP contribution is -2.34. The summed E-state index contributed by atoms with van der Waals surface area (Å²) < 4.78 is 18.4. The molecule has 0 bridgehead atoms. The Balaban J connectivity index is 1.29. The van der Waals surface area contributed by atoms with Gasteiger partial charge in [-0.15, -0.1) is 5.10 Å². The predicted molar refractivity (Wildman–Crippen MR) is 122 cm³/mol. The van der Waals surface area contributed by atoms with Gasteiger partial charge in [0.05, 0.1) is 38.5 Å². The maximum Gasteiger partial charge on any atom is 0.319 e. The summed E-state index contributed by atoms with van der Waals surface area (Å²) >= 11 is 0. The van der Waals surface area contributed by atoms with Crippen molar-refractivity contribution < 1.29 is 14.2 Å². The van der Waals surface area contributed by atoms with Crippen LogP contribution in [0.25, 0.3) is 16.7 Å². The Kier molecular flexibility index (Phi) is 6.49.